The molecule has 7 nitrogen and oxygen atoms in total. The Morgan fingerprint density at radius 2 is 1.66 bits per heavy atom. The molecule has 1 saturated heterocycles. The van der Waals surface area contributed by atoms with Gasteiger partial charge in [-0.1, -0.05) is 41.5 Å². The zero-order chi connectivity index (χ0) is 21.1. The number of benzene rings is 2. The summed E-state index contributed by atoms with van der Waals surface area (Å²) in [5.41, 5.74) is 10.9. The monoisotopic (exact) mass is 410 g/mol. The van der Waals surface area contributed by atoms with Gasteiger partial charge in [0.1, 0.15) is 6.61 Å². The number of rotatable bonds is 5. The van der Waals surface area contributed by atoms with Crippen LogP contribution in [0.1, 0.15) is 33.3 Å². The van der Waals surface area contributed by atoms with Crippen LogP contribution in [0.25, 0.3) is 10.4 Å². The SMILES string of the molecule is CC1(C)OB(c2ccc(COC(=S)Nc3ccc(N=[N+]=[N-])cc3)cc2)OC1(C)C. The minimum Gasteiger partial charge on any atom is -0.466 e. The Labute approximate surface area is 176 Å². The number of azide groups is 1. The predicted molar refractivity (Wildman–Crippen MR) is 118 cm³/mol. The molecule has 0 spiro atoms. The number of ether oxygens (including phenoxy) is 1. The number of hydrogen-bond donors (Lipinski definition) is 1. The molecule has 0 unspecified atom stereocenters. The molecule has 0 amide bonds. The normalized spacial score (nSPS) is 16.8. The summed E-state index contributed by atoms with van der Waals surface area (Å²) >= 11 is 5.23. The van der Waals surface area contributed by atoms with Crippen molar-refractivity contribution in [3.63, 3.8) is 0 Å². The largest absolute Gasteiger partial charge is 0.494 e. The minimum absolute atomic E-state index is 0.261. The van der Waals surface area contributed by atoms with Gasteiger partial charge in [-0.3, -0.25) is 0 Å². The zero-order valence-corrected chi connectivity index (χ0v) is 17.7. The molecule has 0 aliphatic carbocycles. The number of hydrogen-bond acceptors (Lipinski definition) is 5. The molecule has 29 heavy (non-hydrogen) atoms. The fourth-order valence-electron chi connectivity index (χ4n) is 2.72. The van der Waals surface area contributed by atoms with E-state index in [1.165, 1.54) is 0 Å². The Hall–Kier alpha value is -2.58. The van der Waals surface area contributed by atoms with Gasteiger partial charge in [-0.05, 0) is 68.6 Å². The summed E-state index contributed by atoms with van der Waals surface area (Å²) in [6, 6.07) is 14.8. The van der Waals surface area contributed by atoms with Gasteiger partial charge in [-0.25, -0.2) is 0 Å². The molecule has 0 atom stereocenters. The van der Waals surface area contributed by atoms with E-state index >= 15 is 0 Å². The maximum Gasteiger partial charge on any atom is 0.494 e. The lowest BCUT2D eigenvalue weighted by Crippen LogP contribution is -2.41. The fraction of sp³-hybridized carbons (Fsp3) is 0.350. The number of thiocarbonyl (C=S) groups is 1. The standard InChI is InChI=1S/C20H23BN4O3S/c1-19(2)20(3,4)28-21(27-19)15-7-5-14(6-8-15)13-26-18(29)23-16-9-11-17(12-10-16)24-25-22/h5-12H,13H2,1-4H3,(H,23,29). The van der Waals surface area contributed by atoms with Gasteiger partial charge in [0.15, 0.2) is 0 Å². The molecule has 1 N–H and O–H groups in total. The van der Waals surface area contributed by atoms with Crippen LogP contribution in [0.15, 0.2) is 53.6 Å². The molecule has 1 heterocycles. The first-order chi connectivity index (χ1) is 13.7. The lowest BCUT2D eigenvalue weighted by Gasteiger charge is -2.32. The fourth-order valence-corrected chi connectivity index (χ4v) is 2.89. The smallest absolute Gasteiger partial charge is 0.466 e. The van der Waals surface area contributed by atoms with Crippen molar-refractivity contribution in [2.75, 3.05) is 5.32 Å². The van der Waals surface area contributed by atoms with Gasteiger partial charge in [-0.2, -0.15) is 0 Å². The average molecular weight is 410 g/mol. The van der Waals surface area contributed by atoms with E-state index in [0.717, 1.165) is 16.7 Å². The molecular formula is C20H23BN4O3S. The van der Waals surface area contributed by atoms with Crippen LogP contribution in [0.3, 0.4) is 0 Å². The predicted octanol–water partition coefficient (Wildman–Crippen LogP) is 4.84. The second kappa shape index (κ2) is 8.43. The summed E-state index contributed by atoms with van der Waals surface area (Å²) in [4.78, 5) is 2.74. The van der Waals surface area contributed by atoms with E-state index in [2.05, 4.69) is 15.3 Å². The van der Waals surface area contributed by atoms with E-state index in [-0.39, 0.29) is 23.5 Å². The van der Waals surface area contributed by atoms with Crippen molar-refractivity contribution in [3.05, 3.63) is 64.5 Å². The number of nitrogens with zero attached hydrogens (tertiary/aromatic N) is 3. The minimum atomic E-state index is -0.383. The molecule has 0 bridgehead atoms. The van der Waals surface area contributed by atoms with E-state index in [1.807, 2.05) is 52.0 Å². The van der Waals surface area contributed by atoms with Crippen molar-refractivity contribution in [2.24, 2.45) is 5.11 Å². The molecular weight excluding hydrogens is 387 g/mol. The van der Waals surface area contributed by atoms with Gasteiger partial charge in [0.05, 0.1) is 11.2 Å². The molecule has 9 heteroatoms. The highest BCUT2D eigenvalue weighted by Gasteiger charge is 2.51. The summed E-state index contributed by atoms with van der Waals surface area (Å²) in [6.07, 6.45) is 0. The topological polar surface area (TPSA) is 88.5 Å². The zero-order valence-electron chi connectivity index (χ0n) is 16.9. The Balaban J connectivity index is 1.52. The van der Waals surface area contributed by atoms with E-state index in [4.69, 9.17) is 31.8 Å². The first-order valence-corrected chi connectivity index (χ1v) is 9.64. The molecule has 0 aromatic heterocycles. The highest BCUT2D eigenvalue weighted by molar-refractivity contribution is 7.80. The van der Waals surface area contributed by atoms with Crippen molar-refractivity contribution in [2.45, 2.75) is 45.5 Å². The van der Waals surface area contributed by atoms with Crippen molar-refractivity contribution in [1.29, 1.82) is 0 Å². The van der Waals surface area contributed by atoms with Crippen molar-refractivity contribution < 1.29 is 14.0 Å². The van der Waals surface area contributed by atoms with E-state index < -0.39 is 0 Å². The molecule has 2 aromatic carbocycles. The van der Waals surface area contributed by atoms with Gasteiger partial charge in [0.25, 0.3) is 5.17 Å². The Kier molecular flexibility index (Phi) is 6.14. The lowest BCUT2D eigenvalue weighted by molar-refractivity contribution is 0.00578. The van der Waals surface area contributed by atoms with Crippen LogP contribution >= 0.6 is 12.2 Å². The van der Waals surface area contributed by atoms with Crippen LogP contribution in [-0.2, 0) is 20.7 Å². The number of nitrogens with one attached hydrogen (secondary N) is 1. The summed E-state index contributed by atoms with van der Waals surface area (Å²) in [6.45, 7) is 8.48. The third kappa shape index (κ3) is 5.08. The third-order valence-corrected chi connectivity index (χ3v) is 5.37. The van der Waals surface area contributed by atoms with Crippen LogP contribution < -0.4 is 10.8 Å². The van der Waals surface area contributed by atoms with Gasteiger partial charge in [0, 0.05) is 16.3 Å². The van der Waals surface area contributed by atoms with Crippen LogP contribution in [0, 0.1) is 0 Å². The lowest BCUT2D eigenvalue weighted by atomic mass is 9.79. The molecule has 1 aliphatic rings. The van der Waals surface area contributed by atoms with Crippen LogP contribution in [0.2, 0.25) is 0 Å². The second-order valence-electron chi connectivity index (χ2n) is 7.77. The highest BCUT2D eigenvalue weighted by atomic mass is 32.1. The van der Waals surface area contributed by atoms with Gasteiger partial charge in [-0.15, -0.1) is 0 Å². The molecule has 0 radical (unpaired) electrons. The van der Waals surface area contributed by atoms with E-state index in [0.29, 0.717) is 12.3 Å². The Bertz CT molecular complexity index is 910. The van der Waals surface area contributed by atoms with Crippen molar-refractivity contribution in [1.82, 2.24) is 0 Å². The summed E-state index contributed by atoms with van der Waals surface area (Å²) in [5.74, 6) is 0. The highest BCUT2D eigenvalue weighted by Crippen LogP contribution is 2.36. The Morgan fingerprint density at radius 1 is 1.07 bits per heavy atom. The van der Waals surface area contributed by atoms with Crippen molar-refractivity contribution in [3.8, 4) is 0 Å². The summed E-state index contributed by atoms with van der Waals surface area (Å²) < 4.78 is 17.8. The molecule has 1 fully saturated rings. The number of anilines is 1. The van der Waals surface area contributed by atoms with E-state index in [9.17, 15) is 0 Å². The molecule has 3 rings (SSSR count). The molecule has 150 valence electrons. The molecule has 2 aromatic rings. The first kappa shape index (κ1) is 21.1. The molecule has 1 aliphatic heterocycles. The van der Waals surface area contributed by atoms with Gasteiger partial charge >= 0.3 is 7.12 Å². The maximum absolute atomic E-state index is 8.43. The average Bonchev–Trinajstić information content (AvgIpc) is 2.90. The molecule has 0 saturated carbocycles. The summed E-state index contributed by atoms with van der Waals surface area (Å²) in [5, 5.41) is 6.78. The third-order valence-electron chi connectivity index (χ3n) is 5.15. The van der Waals surface area contributed by atoms with Crippen LogP contribution in [-0.4, -0.2) is 23.5 Å². The first-order valence-electron chi connectivity index (χ1n) is 9.24. The quantitative estimate of drug-likeness (QED) is 0.251. The second-order valence-corrected chi connectivity index (χ2v) is 8.14. The van der Waals surface area contributed by atoms with E-state index in [1.54, 1.807) is 24.3 Å². The summed E-state index contributed by atoms with van der Waals surface area (Å²) in [7, 11) is -0.383. The van der Waals surface area contributed by atoms with Crippen LogP contribution in [0.4, 0.5) is 11.4 Å². The van der Waals surface area contributed by atoms with Crippen molar-refractivity contribution >= 4 is 41.3 Å². The van der Waals surface area contributed by atoms with Gasteiger partial charge in [0.2, 0.25) is 0 Å². The Morgan fingerprint density at radius 3 is 2.21 bits per heavy atom. The van der Waals surface area contributed by atoms with Gasteiger partial charge < -0.3 is 19.4 Å². The maximum atomic E-state index is 8.43. The van der Waals surface area contributed by atoms with Crippen LogP contribution in [0.5, 0.6) is 0 Å².